The zero-order valence-electron chi connectivity index (χ0n) is 10.3. The van der Waals surface area contributed by atoms with Crippen LogP contribution in [0.2, 0.25) is 0 Å². The van der Waals surface area contributed by atoms with Crippen molar-refractivity contribution >= 4 is 23.2 Å². The number of carbonyl (C=O) groups excluding carboxylic acids is 1. The average Bonchev–Trinajstić information content (AvgIpc) is 2.95. The van der Waals surface area contributed by atoms with Gasteiger partial charge in [-0.25, -0.2) is 4.98 Å². The highest BCUT2D eigenvalue weighted by molar-refractivity contribution is 7.09. The third-order valence-corrected chi connectivity index (χ3v) is 4.22. The van der Waals surface area contributed by atoms with E-state index in [4.69, 9.17) is 5.11 Å². The number of nitrogens with zero attached hydrogens (tertiary/aromatic N) is 2. The second kappa shape index (κ2) is 5.06. The molecule has 6 heteroatoms. The molecular weight excluding hydrogens is 252 g/mol. The van der Waals surface area contributed by atoms with Gasteiger partial charge >= 0.3 is 5.97 Å². The summed E-state index contributed by atoms with van der Waals surface area (Å²) in [6.45, 7) is 2.56. The Bertz CT molecular complexity index is 446. The number of carboxylic acid groups (broad SMARTS) is 1. The normalized spacial score (nSPS) is 23.3. The molecule has 5 nitrogen and oxygen atoms in total. The largest absolute Gasteiger partial charge is 0.481 e. The Morgan fingerprint density at radius 3 is 2.94 bits per heavy atom. The zero-order valence-corrected chi connectivity index (χ0v) is 11.1. The molecule has 1 aromatic rings. The fourth-order valence-corrected chi connectivity index (χ4v) is 2.72. The number of rotatable bonds is 4. The number of aryl methyl sites for hydroxylation is 1. The van der Waals surface area contributed by atoms with Crippen LogP contribution in [-0.4, -0.2) is 40.0 Å². The van der Waals surface area contributed by atoms with Crippen LogP contribution >= 0.6 is 11.3 Å². The Hall–Kier alpha value is -1.43. The molecule has 1 aliphatic heterocycles. The SMILES string of the molecule is CC1(C(=O)O)CCN(C(=O)CCc2nccs2)C1. The summed E-state index contributed by atoms with van der Waals surface area (Å²) in [6.07, 6.45) is 3.30. The first kappa shape index (κ1) is 13.0. The van der Waals surface area contributed by atoms with E-state index in [9.17, 15) is 9.59 Å². The first-order valence-electron chi connectivity index (χ1n) is 5.91. The van der Waals surface area contributed by atoms with Crippen molar-refractivity contribution in [3.63, 3.8) is 0 Å². The zero-order chi connectivity index (χ0) is 13.2. The summed E-state index contributed by atoms with van der Waals surface area (Å²) in [5.74, 6) is -0.798. The molecule has 1 aliphatic rings. The Morgan fingerprint density at radius 2 is 2.39 bits per heavy atom. The summed E-state index contributed by atoms with van der Waals surface area (Å²) in [7, 11) is 0. The Morgan fingerprint density at radius 1 is 1.61 bits per heavy atom. The molecule has 2 heterocycles. The highest BCUT2D eigenvalue weighted by Crippen LogP contribution is 2.30. The van der Waals surface area contributed by atoms with Crippen LogP contribution in [0, 0.1) is 5.41 Å². The van der Waals surface area contributed by atoms with Crippen molar-refractivity contribution in [3.05, 3.63) is 16.6 Å². The first-order valence-corrected chi connectivity index (χ1v) is 6.79. The lowest BCUT2D eigenvalue weighted by Crippen LogP contribution is -2.34. The molecule has 0 saturated carbocycles. The number of likely N-dealkylation sites (tertiary alicyclic amines) is 1. The van der Waals surface area contributed by atoms with Gasteiger partial charge in [0.1, 0.15) is 0 Å². The van der Waals surface area contributed by atoms with Gasteiger partial charge in [0.25, 0.3) is 0 Å². The van der Waals surface area contributed by atoms with Crippen LogP contribution in [0.5, 0.6) is 0 Å². The van der Waals surface area contributed by atoms with Crippen molar-refractivity contribution in [2.24, 2.45) is 5.41 Å². The van der Waals surface area contributed by atoms with Crippen LogP contribution < -0.4 is 0 Å². The maximum absolute atomic E-state index is 12.0. The Kier molecular flexibility index (Phi) is 3.65. The van der Waals surface area contributed by atoms with E-state index in [1.807, 2.05) is 5.38 Å². The second-order valence-corrected chi connectivity index (χ2v) is 5.84. The van der Waals surface area contributed by atoms with Crippen molar-refractivity contribution in [2.75, 3.05) is 13.1 Å². The maximum Gasteiger partial charge on any atom is 0.311 e. The van der Waals surface area contributed by atoms with Crippen LogP contribution in [-0.2, 0) is 16.0 Å². The Labute approximate surface area is 109 Å². The number of carboxylic acids is 1. The maximum atomic E-state index is 12.0. The molecule has 0 bridgehead atoms. The first-order chi connectivity index (χ1) is 8.51. The summed E-state index contributed by atoms with van der Waals surface area (Å²) in [6, 6.07) is 0. The molecule has 0 aliphatic carbocycles. The molecule has 1 saturated heterocycles. The van der Waals surface area contributed by atoms with Gasteiger partial charge < -0.3 is 10.0 Å². The summed E-state index contributed by atoms with van der Waals surface area (Å²) < 4.78 is 0. The van der Waals surface area contributed by atoms with Gasteiger partial charge in [0.2, 0.25) is 5.91 Å². The molecule has 1 amide bonds. The van der Waals surface area contributed by atoms with Crippen molar-refractivity contribution in [1.29, 1.82) is 0 Å². The Balaban J connectivity index is 1.86. The van der Waals surface area contributed by atoms with Crippen molar-refractivity contribution in [3.8, 4) is 0 Å². The standard InChI is InChI=1S/C12H16N2O3S/c1-12(11(16)17)4-6-14(8-12)10(15)3-2-9-13-5-7-18-9/h5,7H,2-4,6,8H2,1H3,(H,16,17). The van der Waals surface area contributed by atoms with E-state index in [2.05, 4.69) is 4.98 Å². The van der Waals surface area contributed by atoms with Gasteiger partial charge in [-0.05, 0) is 13.3 Å². The van der Waals surface area contributed by atoms with E-state index < -0.39 is 11.4 Å². The summed E-state index contributed by atoms with van der Waals surface area (Å²) >= 11 is 1.54. The van der Waals surface area contributed by atoms with E-state index in [1.54, 1.807) is 18.0 Å². The van der Waals surface area contributed by atoms with Gasteiger partial charge in [-0.3, -0.25) is 9.59 Å². The molecule has 1 N–H and O–H groups in total. The van der Waals surface area contributed by atoms with Gasteiger partial charge in [-0.1, -0.05) is 0 Å². The molecule has 0 aromatic carbocycles. The smallest absolute Gasteiger partial charge is 0.311 e. The predicted octanol–water partition coefficient (Wildman–Crippen LogP) is 1.40. The summed E-state index contributed by atoms with van der Waals surface area (Å²) in [5.41, 5.74) is -0.781. The highest BCUT2D eigenvalue weighted by Gasteiger charge is 2.41. The average molecular weight is 268 g/mol. The van der Waals surface area contributed by atoms with Crippen LogP contribution in [0.25, 0.3) is 0 Å². The molecule has 0 spiro atoms. The lowest BCUT2D eigenvalue weighted by Gasteiger charge is -2.20. The van der Waals surface area contributed by atoms with E-state index in [1.165, 1.54) is 11.3 Å². The fourth-order valence-electron chi connectivity index (χ4n) is 2.10. The van der Waals surface area contributed by atoms with E-state index in [0.717, 1.165) is 5.01 Å². The number of carbonyl (C=O) groups is 2. The van der Waals surface area contributed by atoms with E-state index in [-0.39, 0.29) is 5.91 Å². The van der Waals surface area contributed by atoms with Gasteiger partial charge in [0.05, 0.1) is 10.4 Å². The van der Waals surface area contributed by atoms with Crippen molar-refractivity contribution in [2.45, 2.75) is 26.2 Å². The van der Waals surface area contributed by atoms with Crippen LogP contribution in [0.4, 0.5) is 0 Å². The molecule has 1 unspecified atom stereocenters. The number of aliphatic carboxylic acids is 1. The minimum atomic E-state index is -0.822. The topological polar surface area (TPSA) is 70.5 Å². The number of hydrogen-bond acceptors (Lipinski definition) is 4. The number of hydrogen-bond donors (Lipinski definition) is 1. The number of aromatic nitrogens is 1. The molecule has 1 aromatic heterocycles. The molecule has 2 rings (SSSR count). The lowest BCUT2D eigenvalue weighted by atomic mass is 9.90. The van der Waals surface area contributed by atoms with Crippen molar-refractivity contribution in [1.82, 2.24) is 9.88 Å². The van der Waals surface area contributed by atoms with Gasteiger partial charge in [0.15, 0.2) is 0 Å². The monoisotopic (exact) mass is 268 g/mol. The van der Waals surface area contributed by atoms with Crippen molar-refractivity contribution < 1.29 is 14.7 Å². The van der Waals surface area contributed by atoms with Crippen LogP contribution in [0.3, 0.4) is 0 Å². The molecular formula is C12H16N2O3S. The third kappa shape index (κ3) is 2.69. The molecule has 18 heavy (non-hydrogen) atoms. The van der Waals surface area contributed by atoms with E-state index >= 15 is 0 Å². The summed E-state index contributed by atoms with van der Waals surface area (Å²) in [5, 5.41) is 11.9. The number of thiazole rings is 1. The molecule has 98 valence electrons. The molecule has 1 atom stereocenters. The molecule has 1 fully saturated rings. The predicted molar refractivity (Wildman–Crippen MR) is 67.4 cm³/mol. The summed E-state index contributed by atoms with van der Waals surface area (Å²) in [4.78, 5) is 28.8. The lowest BCUT2D eigenvalue weighted by molar-refractivity contribution is -0.147. The van der Waals surface area contributed by atoms with E-state index in [0.29, 0.717) is 32.4 Å². The van der Waals surface area contributed by atoms with Gasteiger partial charge in [-0.15, -0.1) is 11.3 Å². The van der Waals surface area contributed by atoms with Gasteiger partial charge in [-0.2, -0.15) is 0 Å². The quantitative estimate of drug-likeness (QED) is 0.896. The minimum Gasteiger partial charge on any atom is -0.481 e. The fraction of sp³-hybridized carbons (Fsp3) is 0.583. The number of amides is 1. The molecule has 0 radical (unpaired) electrons. The second-order valence-electron chi connectivity index (χ2n) is 4.86. The van der Waals surface area contributed by atoms with Crippen LogP contribution in [0.15, 0.2) is 11.6 Å². The minimum absolute atomic E-state index is 0.0233. The van der Waals surface area contributed by atoms with Gasteiger partial charge in [0, 0.05) is 37.5 Å². The van der Waals surface area contributed by atoms with Crippen LogP contribution in [0.1, 0.15) is 24.8 Å². The third-order valence-electron chi connectivity index (χ3n) is 3.38. The highest BCUT2D eigenvalue weighted by atomic mass is 32.1.